The van der Waals surface area contributed by atoms with Crippen LogP contribution in [0.5, 0.6) is 18.0 Å². The second-order valence-corrected chi connectivity index (χ2v) is 5.43. The van der Waals surface area contributed by atoms with Gasteiger partial charge in [0.15, 0.2) is 0 Å². The zero-order valence-electron chi connectivity index (χ0n) is 14.0. The molecule has 124 valence electrons. The van der Waals surface area contributed by atoms with Crippen LogP contribution in [0.2, 0.25) is 0 Å². The van der Waals surface area contributed by atoms with E-state index >= 15 is 0 Å². The highest BCUT2D eigenvalue weighted by atomic mass is 16.5. The van der Waals surface area contributed by atoms with E-state index in [1.54, 1.807) is 6.08 Å². The van der Waals surface area contributed by atoms with Crippen molar-refractivity contribution >= 4 is 0 Å². The first kappa shape index (κ1) is 18.2. The van der Waals surface area contributed by atoms with Crippen molar-refractivity contribution in [3.63, 3.8) is 0 Å². The van der Waals surface area contributed by atoms with E-state index < -0.39 is 0 Å². The average Bonchev–Trinajstić information content (AvgIpc) is 2.55. The van der Waals surface area contributed by atoms with Gasteiger partial charge < -0.3 is 14.2 Å². The maximum Gasteiger partial charge on any atom is 0.326 e. The van der Waals surface area contributed by atoms with E-state index in [1.807, 2.05) is 0 Å². The molecule has 6 heteroatoms. The fourth-order valence-electron chi connectivity index (χ4n) is 1.32. The topological polar surface area (TPSA) is 66.4 Å². The van der Waals surface area contributed by atoms with Gasteiger partial charge in [0.2, 0.25) is 0 Å². The van der Waals surface area contributed by atoms with E-state index in [4.69, 9.17) is 14.2 Å². The van der Waals surface area contributed by atoms with Crippen molar-refractivity contribution in [2.24, 2.45) is 11.8 Å². The molecule has 0 aromatic carbocycles. The number of aromatic nitrogens is 3. The summed E-state index contributed by atoms with van der Waals surface area (Å²) in [5.41, 5.74) is 0. The second kappa shape index (κ2) is 9.97. The molecule has 1 heterocycles. The Morgan fingerprint density at radius 1 is 0.864 bits per heavy atom. The molecule has 0 saturated heterocycles. The molecule has 1 rings (SSSR count). The van der Waals surface area contributed by atoms with Gasteiger partial charge in [-0.25, -0.2) is 0 Å². The first-order valence-electron chi connectivity index (χ1n) is 7.84. The van der Waals surface area contributed by atoms with Crippen molar-refractivity contribution in [1.82, 2.24) is 15.0 Å². The Balaban J connectivity index is 2.77. The zero-order chi connectivity index (χ0) is 16.4. The van der Waals surface area contributed by atoms with Crippen LogP contribution < -0.4 is 14.2 Å². The fourth-order valence-corrected chi connectivity index (χ4v) is 1.32. The molecule has 0 amide bonds. The van der Waals surface area contributed by atoms with Crippen molar-refractivity contribution in [3.8, 4) is 18.0 Å². The monoisotopic (exact) mass is 309 g/mol. The highest BCUT2D eigenvalue weighted by molar-refractivity contribution is 5.09. The number of hydrogen-bond donors (Lipinski definition) is 0. The summed E-state index contributed by atoms with van der Waals surface area (Å²) in [6.07, 6.45) is 3.69. The molecule has 6 nitrogen and oxygen atoms in total. The van der Waals surface area contributed by atoms with E-state index in [-0.39, 0.29) is 18.0 Å². The summed E-state index contributed by atoms with van der Waals surface area (Å²) in [5.74, 6) is 0.859. The van der Waals surface area contributed by atoms with Crippen LogP contribution in [0.15, 0.2) is 12.7 Å². The van der Waals surface area contributed by atoms with Crippen LogP contribution >= 0.6 is 0 Å². The van der Waals surface area contributed by atoms with Gasteiger partial charge in [0.1, 0.15) is 6.61 Å². The number of rotatable bonds is 11. The Morgan fingerprint density at radius 3 is 1.64 bits per heavy atom. The third-order valence-corrected chi connectivity index (χ3v) is 3.29. The molecule has 0 aliphatic rings. The molecule has 0 radical (unpaired) electrons. The first-order chi connectivity index (χ1) is 10.6. The summed E-state index contributed by atoms with van der Waals surface area (Å²) in [6.45, 7) is 13.5. The van der Waals surface area contributed by atoms with E-state index in [1.165, 1.54) is 0 Å². The van der Waals surface area contributed by atoms with Crippen molar-refractivity contribution in [2.75, 3.05) is 19.8 Å². The van der Waals surface area contributed by atoms with Gasteiger partial charge in [-0.15, -0.1) is 15.0 Å². The predicted octanol–water partition coefficient (Wildman–Crippen LogP) is 3.29. The molecule has 0 bridgehead atoms. The van der Waals surface area contributed by atoms with Crippen LogP contribution in [0, 0.1) is 11.8 Å². The van der Waals surface area contributed by atoms with Crippen molar-refractivity contribution < 1.29 is 14.2 Å². The lowest BCUT2D eigenvalue weighted by Gasteiger charge is -2.13. The van der Waals surface area contributed by atoms with Gasteiger partial charge in [-0.05, 0) is 11.8 Å². The van der Waals surface area contributed by atoms with Gasteiger partial charge in [-0.3, -0.25) is 0 Å². The third kappa shape index (κ3) is 6.74. The summed E-state index contributed by atoms with van der Waals surface area (Å²) < 4.78 is 16.6. The number of ether oxygens (including phenoxy) is 3. The second-order valence-electron chi connectivity index (χ2n) is 5.43. The minimum Gasteiger partial charge on any atom is -0.463 e. The van der Waals surface area contributed by atoms with Crippen LogP contribution in [-0.2, 0) is 0 Å². The van der Waals surface area contributed by atoms with Crippen molar-refractivity contribution in [3.05, 3.63) is 12.7 Å². The van der Waals surface area contributed by atoms with Crippen LogP contribution in [0.25, 0.3) is 0 Å². The lowest BCUT2D eigenvalue weighted by Crippen LogP contribution is -2.13. The Kier molecular flexibility index (Phi) is 8.25. The molecule has 0 N–H and O–H groups in total. The van der Waals surface area contributed by atoms with Gasteiger partial charge in [-0.2, -0.15) is 0 Å². The van der Waals surface area contributed by atoms with Crippen LogP contribution in [0.3, 0.4) is 0 Å². The molecule has 2 unspecified atom stereocenters. The van der Waals surface area contributed by atoms with E-state index in [0.717, 1.165) is 12.8 Å². The van der Waals surface area contributed by atoms with Crippen LogP contribution in [0.1, 0.15) is 40.5 Å². The molecule has 22 heavy (non-hydrogen) atoms. The summed E-state index contributed by atoms with van der Waals surface area (Å²) >= 11 is 0. The lowest BCUT2D eigenvalue weighted by atomic mass is 10.1. The highest BCUT2D eigenvalue weighted by Gasteiger charge is 2.12. The van der Waals surface area contributed by atoms with E-state index in [0.29, 0.717) is 31.7 Å². The summed E-state index contributed by atoms with van der Waals surface area (Å²) in [6, 6.07) is 0.648. The largest absolute Gasteiger partial charge is 0.463 e. The molecule has 0 aliphatic carbocycles. The first-order valence-corrected chi connectivity index (χ1v) is 7.84. The van der Waals surface area contributed by atoms with Crippen LogP contribution in [0.4, 0.5) is 0 Å². The molecule has 0 fully saturated rings. The normalized spacial score (nSPS) is 13.3. The van der Waals surface area contributed by atoms with Gasteiger partial charge in [0.25, 0.3) is 0 Å². The molecular weight excluding hydrogens is 282 g/mol. The highest BCUT2D eigenvalue weighted by Crippen LogP contribution is 2.16. The minimum atomic E-state index is 0.188. The SMILES string of the molecule is C=CCOc1nc(OCC(C)CC)nc(OCC(C)CC)n1. The molecule has 1 aromatic rings. The molecule has 2 atom stereocenters. The zero-order valence-corrected chi connectivity index (χ0v) is 14.0. The minimum absolute atomic E-state index is 0.188. The number of nitrogens with zero attached hydrogens (tertiary/aromatic N) is 3. The Hall–Kier alpha value is -1.85. The lowest BCUT2D eigenvalue weighted by molar-refractivity contribution is 0.205. The van der Waals surface area contributed by atoms with Gasteiger partial charge in [-0.1, -0.05) is 53.2 Å². The Labute approximate surface area is 132 Å². The molecule has 0 saturated carbocycles. The van der Waals surface area contributed by atoms with E-state index in [2.05, 4.69) is 49.2 Å². The fraction of sp³-hybridized carbons (Fsp3) is 0.688. The smallest absolute Gasteiger partial charge is 0.326 e. The molecule has 0 aliphatic heterocycles. The average molecular weight is 309 g/mol. The van der Waals surface area contributed by atoms with Gasteiger partial charge >= 0.3 is 18.0 Å². The summed E-state index contributed by atoms with van der Waals surface area (Å²) in [4.78, 5) is 12.4. The Morgan fingerprint density at radius 2 is 1.27 bits per heavy atom. The standard InChI is InChI=1S/C16H27N3O3/c1-6-9-20-14-17-15(21-10-12(4)7-2)19-16(18-14)22-11-13(5)8-3/h6,12-13H,1,7-11H2,2-5H3. The van der Waals surface area contributed by atoms with Crippen LogP contribution in [-0.4, -0.2) is 34.8 Å². The molecule has 1 aromatic heterocycles. The van der Waals surface area contributed by atoms with Gasteiger partial charge in [0.05, 0.1) is 13.2 Å². The Bertz CT molecular complexity index is 422. The summed E-state index contributed by atoms with van der Waals surface area (Å²) in [5, 5.41) is 0. The van der Waals surface area contributed by atoms with E-state index in [9.17, 15) is 0 Å². The quantitative estimate of drug-likeness (QED) is 0.584. The summed E-state index contributed by atoms with van der Waals surface area (Å²) in [7, 11) is 0. The predicted molar refractivity (Wildman–Crippen MR) is 85.4 cm³/mol. The van der Waals surface area contributed by atoms with Gasteiger partial charge in [0, 0.05) is 0 Å². The third-order valence-electron chi connectivity index (χ3n) is 3.29. The maximum atomic E-state index is 5.61. The molecule has 0 spiro atoms. The maximum absolute atomic E-state index is 5.61. The van der Waals surface area contributed by atoms with Crippen molar-refractivity contribution in [1.29, 1.82) is 0 Å². The number of hydrogen-bond acceptors (Lipinski definition) is 6. The van der Waals surface area contributed by atoms with Crippen molar-refractivity contribution in [2.45, 2.75) is 40.5 Å². The molecular formula is C16H27N3O3.